The molecule has 2 aromatic rings. The molecule has 1 aliphatic heterocycles. The van der Waals surface area contributed by atoms with Crippen molar-refractivity contribution in [1.29, 1.82) is 0 Å². The smallest absolute Gasteiger partial charge is 0.262 e. The van der Waals surface area contributed by atoms with Gasteiger partial charge in [0.2, 0.25) is 0 Å². The largest absolute Gasteiger partial charge is 0.468 e. The van der Waals surface area contributed by atoms with E-state index in [1.165, 1.54) is 6.26 Å². The molecule has 2 aromatic heterocycles. The van der Waals surface area contributed by atoms with Crippen molar-refractivity contribution in [2.24, 2.45) is 0 Å². The van der Waals surface area contributed by atoms with E-state index in [1.807, 2.05) is 19.9 Å². The number of anilines is 1. The van der Waals surface area contributed by atoms with E-state index in [9.17, 15) is 9.59 Å². The van der Waals surface area contributed by atoms with Gasteiger partial charge in [-0.25, -0.2) is 0 Å². The molecule has 6 nitrogen and oxygen atoms in total. The maximum Gasteiger partial charge on any atom is 0.262 e. The summed E-state index contributed by atoms with van der Waals surface area (Å²) in [4.78, 5) is 31.1. The van der Waals surface area contributed by atoms with Crippen LogP contribution in [0.3, 0.4) is 0 Å². The second kappa shape index (κ2) is 6.24. The number of pyridine rings is 1. The lowest BCUT2D eigenvalue weighted by atomic mass is 10.1. The lowest BCUT2D eigenvalue weighted by Gasteiger charge is -2.22. The van der Waals surface area contributed by atoms with Crippen LogP contribution in [-0.2, 0) is 6.42 Å². The molecule has 0 bridgehead atoms. The number of amides is 2. The van der Waals surface area contributed by atoms with Gasteiger partial charge in [0.1, 0.15) is 12.0 Å². The van der Waals surface area contributed by atoms with Gasteiger partial charge in [0.15, 0.2) is 0 Å². The van der Waals surface area contributed by atoms with Gasteiger partial charge < -0.3 is 14.6 Å². The van der Waals surface area contributed by atoms with Gasteiger partial charge in [-0.05, 0) is 32.4 Å². The van der Waals surface area contributed by atoms with Crippen LogP contribution in [0.4, 0.5) is 5.69 Å². The van der Waals surface area contributed by atoms with Crippen molar-refractivity contribution in [3.63, 3.8) is 0 Å². The molecule has 23 heavy (non-hydrogen) atoms. The predicted octanol–water partition coefficient (Wildman–Crippen LogP) is 2.33. The summed E-state index contributed by atoms with van der Waals surface area (Å²) in [7, 11) is 0. The van der Waals surface area contributed by atoms with Crippen LogP contribution in [0, 0.1) is 6.92 Å². The van der Waals surface area contributed by atoms with E-state index in [1.54, 1.807) is 17.2 Å². The number of nitrogens with one attached hydrogen (secondary N) is 1. The zero-order valence-corrected chi connectivity index (χ0v) is 13.3. The minimum absolute atomic E-state index is 0.242. The highest BCUT2D eigenvalue weighted by Crippen LogP contribution is 2.25. The molecule has 0 aromatic carbocycles. The van der Waals surface area contributed by atoms with Crippen molar-refractivity contribution < 1.29 is 14.0 Å². The van der Waals surface area contributed by atoms with Crippen LogP contribution >= 0.6 is 0 Å². The second-order valence-electron chi connectivity index (χ2n) is 5.46. The van der Waals surface area contributed by atoms with Gasteiger partial charge >= 0.3 is 0 Å². The fourth-order valence-corrected chi connectivity index (χ4v) is 2.86. The Balaban J connectivity index is 2.02. The summed E-state index contributed by atoms with van der Waals surface area (Å²) in [6, 6.07) is 3.64. The summed E-state index contributed by atoms with van der Waals surface area (Å²) >= 11 is 0. The molecular formula is C17H19N3O3. The number of rotatable bonds is 3. The molecule has 120 valence electrons. The number of hydrogen-bond donors (Lipinski definition) is 1. The third-order valence-electron chi connectivity index (χ3n) is 4.02. The van der Waals surface area contributed by atoms with Gasteiger partial charge in [-0.15, -0.1) is 0 Å². The number of aryl methyl sites for hydroxylation is 2. The van der Waals surface area contributed by atoms with Gasteiger partial charge in [0.05, 0.1) is 22.5 Å². The fraction of sp³-hybridized carbons (Fsp3) is 0.353. The Bertz CT molecular complexity index is 751. The highest BCUT2D eigenvalue weighted by Gasteiger charge is 2.29. The van der Waals surface area contributed by atoms with Crippen molar-refractivity contribution in [3.8, 4) is 0 Å². The molecule has 0 aliphatic carbocycles. The molecule has 3 rings (SSSR count). The van der Waals surface area contributed by atoms with Gasteiger partial charge in [0.25, 0.3) is 11.8 Å². The minimum atomic E-state index is -0.245. The monoisotopic (exact) mass is 313 g/mol. The molecule has 1 aliphatic rings. The third kappa shape index (κ3) is 2.72. The molecule has 0 saturated heterocycles. The van der Waals surface area contributed by atoms with Crippen LogP contribution in [0.15, 0.2) is 29.0 Å². The molecule has 3 heterocycles. The maximum atomic E-state index is 13.0. The number of nitrogens with zero attached hydrogens (tertiary/aromatic N) is 2. The van der Waals surface area contributed by atoms with Crippen molar-refractivity contribution in [2.75, 3.05) is 18.0 Å². The lowest BCUT2D eigenvalue weighted by molar-refractivity contribution is 0.0936. The molecule has 2 amide bonds. The van der Waals surface area contributed by atoms with Gasteiger partial charge in [-0.3, -0.25) is 14.6 Å². The van der Waals surface area contributed by atoms with Gasteiger partial charge in [0, 0.05) is 25.7 Å². The van der Waals surface area contributed by atoms with E-state index in [2.05, 4.69) is 10.3 Å². The topological polar surface area (TPSA) is 75.4 Å². The molecule has 1 N–H and O–H groups in total. The normalized spacial score (nSPS) is 13.9. The van der Waals surface area contributed by atoms with Crippen LogP contribution in [-0.4, -0.2) is 29.9 Å². The quantitative estimate of drug-likeness (QED) is 0.943. The Labute approximate surface area is 134 Å². The number of fused-ring (bicyclic) bond motifs is 1. The fourth-order valence-electron chi connectivity index (χ4n) is 2.86. The second-order valence-corrected chi connectivity index (χ2v) is 5.46. The van der Waals surface area contributed by atoms with E-state index >= 15 is 0 Å². The first-order valence-corrected chi connectivity index (χ1v) is 7.75. The van der Waals surface area contributed by atoms with E-state index in [0.717, 1.165) is 17.8 Å². The first-order valence-electron chi connectivity index (χ1n) is 7.75. The molecule has 0 radical (unpaired) electrons. The minimum Gasteiger partial charge on any atom is -0.468 e. The number of hydrogen-bond acceptors (Lipinski definition) is 4. The average Bonchev–Trinajstić information content (AvgIpc) is 2.89. The maximum absolute atomic E-state index is 13.0. The first-order chi connectivity index (χ1) is 11.1. The molecule has 0 saturated carbocycles. The molecular weight excluding hydrogens is 294 g/mol. The number of aromatic nitrogens is 1. The van der Waals surface area contributed by atoms with Crippen LogP contribution in [0.25, 0.3) is 0 Å². The van der Waals surface area contributed by atoms with Crippen molar-refractivity contribution in [3.05, 3.63) is 47.2 Å². The van der Waals surface area contributed by atoms with Crippen molar-refractivity contribution >= 4 is 17.5 Å². The molecule has 0 fully saturated rings. The average molecular weight is 313 g/mol. The van der Waals surface area contributed by atoms with Crippen LogP contribution in [0.2, 0.25) is 0 Å². The van der Waals surface area contributed by atoms with E-state index < -0.39 is 0 Å². The van der Waals surface area contributed by atoms with E-state index in [0.29, 0.717) is 36.4 Å². The van der Waals surface area contributed by atoms with Crippen LogP contribution in [0.1, 0.15) is 45.5 Å². The van der Waals surface area contributed by atoms with Crippen molar-refractivity contribution in [2.45, 2.75) is 26.7 Å². The SMILES string of the molecule is CCN(C(=O)c1coc2c1C(=O)NCCC2)c1cccnc1C. The molecule has 0 unspecified atom stereocenters. The first kappa shape index (κ1) is 15.3. The Morgan fingerprint density at radius 1 is 1.48 bits per heavy atom. The summed E-state index contributed by atoms with van der Waals surface area (Å²) < 4.78 is 5.50. The van der Waals surface area contributed by atoms with Crippen molar-refractivity contribution in [1.82, 2.24) is 10.3 Å². The number of furan rings is 1. The zero-order chi connectivity index (χ0) is 16.4. The lowest BCUT2D eigenvalue weighted by Crippen LogP contribution is -2.33. The third-order valence-corrected chi connectivity index (χ3v) is 4.02. The number of carbonyl (C=O) groups excluding carboxylic acids is 2. The van der Waals surface area contributed by atoms with Crippen LogP contribution < -0.4 is 10.2 Å². The van der Waals surface area contributed by atoms with Gasteiger partial charge in [-0.1, -0.05) is 0 Å². The summed E-state index contributed by atoms with van der Waals surface area (Å²) in [5, 5.41) is 2.81. The summed E-state index contributed by atoms with van der Waals surface area (Å²) in [6.45, 7) is 4.82. The Kier molecular flexibility index (Phi) is 4.14. The number of carbonyl (C=O) groups is 2. The van der Waals surface area contributed by atoms with E-state index in [4.69, 9.17) is 4.42 Å². The zero-order valence-electron chi connectivity index (χ0n) is 13.3. The molecule has 0 atom stereocenters. The Morgan fingerprint density at radius 2 is 2.30 bits per heavy atom. The highest BCUT2D eigenvalue weighted by atomic mass is 16.3. The van der Waals surface area contributed by atoms with Crippen LogP contribution in [0.5, 0.6) is 0 Å². The Morgan fingerprint density at radius 3 is 3.04 bits per heavy atom. The van der Waals surface area contributed by atoms with E-state index in [-0.39, 0.29) is 11.8 Å². The summed E-state index contributed by atoms with van der Waals surface area (Å²) in [5.74, 6) is 0.0986. The Hall–Kier alpha value is -2.63. The van der Waals surface area contributed by atoms with Gasteiger partial charge in [-0.2, -0.15) is 0 Å². The summed E-state index contributed by atoms with van der Waals surface area (Å²) in [6.07, 6.45) is 4.54. The highest BCUT2D eigenvalue weighted by molar-refractivity contribution is 6.13. The molecule has 6 heteroatoms. The summed E-state index contributed by atoms with van der Waals surface area (Å²) in [5.41, 5.74) is 2.18. The predicted molar refractivity (Wildman–Crippen MR) is 85.7 cm³/mol. The standard InChI is InChI=1S/C17H19N3O3/c1-3-20(13-6-4-8-18-11(13)2)17(22)12-10-23-14-7-5-9-19-16(21)15(12)14/h4,6,8,10H,3,5,7,9H2,1-2H3,(H,19,21). The molecule has 0 spiro atoms.